The smallest absolute Gasteiger partial charge is 0.196 e. The first-order valence-electron chi connectivity index (χ1n) is 6.91. The van der Waals surface area contributed by atoms with E-state index in [1.54, 1.807) is 0 Å². The summed E-state index contributed by atoms with van der Waals surface area (Å²) < 4.78 is 3.78. The quantitative estimate of drug-likeness (QED) is 0.575. The fraction of sp³-hybridized carbons (Fsp3) is 0.167. The van der Waals surface area contributed by atoms with Crippen molar-refractivity contribution < 1.29 is 4.58 Å². The van der Waals surface area contributed by atoms with Crippen LogP contribution in [0.2, 0.25) is 0 Å². The third kappa shape index (κ3) is 1.58. The second-order valence-electron chi connectivity index (χ2n) is 5.37. The van der Waals surface area contributed by atoms with Gasteiger partial charge < -0.3 is 0 Å². The molecule has 2 aromatic carbocycles. The van der Waals surface area contributed by atoms with E-state index in [1.165, 1.54) is 37.5 Å². The molecule has 0 amide bonds. The lowest BCUT2D eigenvalue weighted by Crippen LogP contribution is -2.12. The molecule has 0 N–H and O–H groups in total. The van der Waals surface area contributed by atoms with Crippen molar-refractivity contribution in [2.75, 3.05) is 7.05 Å². The third-order valence-electron chi connectivity index (χ3n) is 4.16. The van der Waals surface area contributed by atoms with Crippen molar-refractivity contribution in [3.05, 3.63) is 64.5 Å². The maximum absolute atomic E-state index is 2.39. The van der Waals surface area contributed by atoms with Crippen LogP contribution in [0.5, 0.6) is 0 Å². The Balaban J connectivity index is 1.96. The van der Waals surface area contributed by atoms with Gasteiger partial charge in [0.05, 0.1) is 16.7 Å². The first-order chi connectivity index (χ1) is 9.75. The lowest BCUT2D eigenvalue weighted by atomic mass is 10.0. The van der Waals surface area contributed by atoms with Gasteiger partial charge in [0, 0.05) is 10.3 Å². The first kappa shape index (κ1) is 11.9. The molecule has 0 bridgehead atoms. The van der Waals surface area contributed by atoms with Gasteiger partial charge in [0.25, 0.3) is 0 Å². The van der Waals surface area contributed by atoms with E-state index in [0.29, 0.717) is 0 Å². The highest BCUT2D eigenvalue weighted by Crippen LogP contribution is 2.41. The summed E-state index contributed by atoms with van der Waals surface area (Å²) in [6.07, 6.45) is 1.05. The third-order valence-corrected chi connectivity index (χ3v) is 5.32. The Bertz CT molecular complexity index is 855. The molecule has 0 spiro atoms. The van der Waals surface area contributed by atoms with Gasteiger partial charge in [-0.25, -0.2) is 0 Å². The molecule has 2 heteroatoms. The molecule has 0 radical (unpaired) electrons. The number of thiophene rings is 1. The van der Waals surface area contributed by atoms with E-state index in [9.17, 15) is 0 Å². The summed E-state index contributed by atoms with van der Waals surface area (Å²) in [6, 6.07) is 17.4. The Labute approximate surface area is 122 Å². The van der Waals surface area contributed by atoms with Gasteiger partial charge in [-0.05, 0) is 30.7 Å². The summed E-state index contributed by atoms with van der Waals surface area (Å²) in [5.41, 5.74) is 5.57. The maximum Gasteiger partial charge on any atom is 0.227 e. The molecule has 98 valence electrons. The fourth-order valence-electron chi connectivity index (χ4n) is 3.15. The molecular formula is C18H16NS+. The Morgan fingerprint density at radius 2 is 1.75 bits per heavy atom. The van der Waals surface area contributed by atoms with Crippen molar-refractivity contribution in [3.63, 3.8) is 0 Å². The van der Waals surface area contributed by atoms with Crippen molar-refractivity contribution in [2.45, 2.75) is 13.3 Å². The van der Waals surface area contributed by atoms with Gasteiger partial charge in [-0.15, -0.1) is 11.3 Å². The molecule has 0 aliphatic carbocycles. The number of hydrogen-bond donors (Lipinski definition) is 0. The molecule has 1 nitrogen and oxygen atoms in total. The van der Waals surface area contributed by atoms with Crippen LogP contribution in [0, 0.1) is 6.92 Å². The van der Waals surface area contributed by atoms with Gasteiger partial charge in [-0.3, -0.25) is 0 Å². The van der Waals surface area contributed by atoms with Crippen LogP contribution in [0.1, 0.15) is 16.0 Å². The van der Waals surface area contributed by atoms with Crippen LogP contribution in [0.25, 0.3) is 10.1 Å². The molecule has 0 unspecified atom stereocenters. The van der Waals surface area contributed by atoms with E-state index in [-0.39, 0.29) is 0 Å². The van der Waals surface area contributed by atoms with E-state index in [4.69, 9.17) is 0 Å². The van der Waals surface area contributed by atoms with Gasteiger partial charge in [0.1, 0.15) is 7.05 Å². The highest BCUT2D eigenvalue weighted by Gasteiger charge is 2.32. The average Bonchev–Trinajstić information content (AvgIpc) is 2.97. The van der Waals surface area contributed by atoms with Crippen LogP contribution in [0.3, 0.4) is 0 Å². The Morgan fingerprint density at radius 1 is 1.00 bits per heavy atom. The molecule has 3 aromatic rings. The number of hydrogen-bond acceptors (Lipinski definition) is 1. The van der Waals surface area contributed by atoms with Crippen LogP contribution in [0.4, 0.5) is 5.69 Å². The van der Waals surface area contributed by atoms with Crippen LogP contribution >= 0.6 is 11.3 Å². The molecule has 4 rings (SSSR count). The van der Waals surface area contributed by atoms with Gasteiger partial charge in [-0.1, -0.05) is 30.3 Å². The SMILES string of the molecule is Cc1ccccc1C1=[N+](C)c2c(sc3ccccc23)C1. The van der Waals surface area contributed by atoms with Crippen LogP contribution in [-0.2, 0) is 6.42 Å². The summed E-state index contributed by atoms with van der Waals surface area (Å²) in [6.45, 7) is 2.20. The van der Waals surface area contributed by atoms with E-state index in [2.05, 4.69) is 67.1 Å². The number of fused-ring (bicyclic) bond motifs is 3. The molecule has 0 fully saturated rings. The van der Waals surface area contributed by atoms with Crippen LogP contribution in [0.15, 0.2) is 48.5 Å². The normalized spacial score (nSPS) is 14.1. The second kappa shape index (κ2) is 4.29. The minimum Gasteiger partial charge on any atom is -0.196 e. The fourth-order valence-corrected chi connectivity index (χ4v) is 4.39. The molecule has 0 saturated heterocycles. The van der Waals surface area contributed by atoms with Crippen molar-refractivity contribution in [2.24, 2.45) is 0 Å². The Hall–Kier alpha value is -1.93. The molecule has 1 aliphatic heterocycles. The van der Waals surface area contributed by atoms with Gasteiger partial charge in [0.2, 0.25) is 5.69 Å². The van der Waals surface area contributed by atoms with E-state index in [1.807, 2.05) is 11.3 Å². The van der Waals surface area contributed by atoms with Crippen molar-refractivity contribution in [1.29, 1.82) is 0 Å². The summed E-state index contributed by atoms with van der Waals surface area (Å²) >= 11 is 1.93. The highest BCUT2D eigenvalue weighted by atomic mass is 32.1. The van der Waals surface area contributed by atoms with E-state index in [0.717, 1.165) is 6.42 Å². The minimum absolute atomic E-state index is 1.05. The Morgan fingerprint density at radius 3 is 2.60 bits per heavy atom. The lowest BCUT2D eigenvalue weighted by Gasteiger charge is -2.03. The summed E-state index contributed by atoms with van der Waals surface area (Å²) in [5, 5.41) is 1.39. The van der Waals surface area contributed by atoms with Crippen molar-refractivity contribution in [1.82, 2.24) is 0 Å². The predicted octanol–water partition coefficient (Wildman–Crippen LogP) is 4.53. The predicted molar refractivity (Wildman–Crippen MR) is 86.7 cm³/mol. The summed E-state index contributed by atoms with van der Waals surface area (Å²) in [4.78, 5) is 1.49. The van der Waals surface area contributed by atoms with Gasteiger partial charge in [-0.2, -0.15) is 4.58 Å². The highest BCUT2D eigenvalue weighted by molar-refractivity contribution is 7.19. The molecule has 2 heterocycles. The zero-order valence-electron chi connectivity index (χ0n) is 11.7. The van der Waals surface area contributed by atoms with E-state index < -0.39 is 0 Å². The molecule has 0 saturated carbocycles. The zero-order valence-corrected chi connectivity index (χ0v) is 12.5. The number of rotatable bonds is 1. The van der Waals surface area contributed by atoms with E-state index >= 15 is 0 Å². The maximum atomic E-state index is 2.39. The largest absolute Gasteiger partial charge is 0.227 e. The standard InChI is InChI=1S/C18H16NS/c1-12-7-3-4-8-13(12)15-11-17-18(19(15)2)14-9-5-6-10-16(14)20-17/h3-10H,11H2,1-2H3/q+1. The molecule has 1 aliphatic rings. The first-order valence-corrected chi connectivity index (χ1v) is 7.73. The van der Waals surface area contributed by atoms with Gasteiger partial charge in [0.15, 0.2) is 5.71 Å². The van der Waals surface area contributed by atoms with Crippen molar-refractivity contribution in [3.8, 4) is 0 Å². The molecule has 1 aromatic heterocycles. The second-order valence-corrected chi connectivity index (χ2v) is 6.50. The number of nitrogens with zero attached hydrogens (tertiary/aromatic N) is 1. The van der Waals surface area contributed by atoms with Crippen LogP contribution < -0.4 is 0 Å². The van der Waals surface area contributed by atoms with Crippen LogP contribution in [-0.4, -0.2) is 17.3 Å². The monoisotopic (exact) mass is 278 g/mol. The number of aryl methyl sites for hydroxylation is 1. The minimum atomic E-state index is 1.05. The summed E-state index contributed by atoms with van der Waals surface area (Å²) in [5.74, 6) is 0. The van der Waals surface area contributed by atoms with Gasteiger partial charge >= 0.3 is 0 Å². The Kier molecular flexibility index (Phi) is 2.54. The van der Waals surface area contributed by atoms with Crippen molar-refractivity contribution >= 4 is 32.8 Å². The molecular weight excluding hydrogens is 262 g/mol. The zero-order chi connectivity index (χ0) is 13.7. The average molecular weight is 278 g/mol. The topological polar surface area (TPSA) is 3.01 Å². The lowest BCUT2D eigenvalue weighted by molar-refractivity contribution is -0.399. The molecule has 0 atom stereocenters. The molecule has 20 heavy (non-hydrogen) atoms. The number of benzene rings is 2. The summed E-state index contributed by atoms with van der Waals surface area (Å²) in [7, 11) is 2.20.